The highest BCUT2D eigenvalue weighted by Crippen LogP contribution is 2.20. The summed E-state index contributed by atoms with van der Waals surface area (Å²) >= 11 is 5.68. The number of carbonyl (C=O) groups excluding carboxylic acids is 1. The second-order valence-electron chi connectivity index (χ2n) is 3.73. The second kappa shape index (κ2) is 4.14. The maximum atomic E-state index is 11.5. The minimum Gasteiger partial charge on any atom is -0.334 e. The molecular weight excluding hydrogens is 214 g/mol. The van der Waals surface area contributed by atoms with E-state index < -0.39 is 0 Å². The SMILES string of the molecule is CC1CCC(=O)N1Cc1ccnc(Cl)n1. The third kappa shape index (κ3) is 2.26. The van der Waals surface area contributed by atoms with E-state index in [-0.39, 0.29) is 11.2 Å². The highest BCUT2D eigenvalue weighted by Gasteiger charge is 2.27. The fourth-order valence-electron chi connectivity index (χ4n) is 1.75. The van der Waals surface area contributed by atoms with Crippen molar-refractivity contribution in [2.45, 2.75) is 32.4 Å². The molecule has 5 heteroatoms. The van der Waals surface area contributed by atoms with Crippen molar-refractivity contribution in [3.63, 3.8) is 0 Å². The summed E-state index contributed by atoms with van der Waals surface area (Å²) in [7, 11) is 0. The molecule has 1 aliphatic rings. The Morgan fingerprint density at radius 3 is 3.07 bits per heavy atom. The van der Waals surface area contributed by atoms with Gasteiger partial charge in [-0.15, -0.1) is 0 Å². The summed E-state index contributed by atoms with van der Waals surface area (Å²) in [5, 5.41) is 0.229. The smallest absolute Gasteiger partial charge is 0.223 e. The van der Waals surface area contributed by atoms with Crippen molar-refractivity contribution in [1.29, 1.82) is 0 Å². The van der Waals surface area contributed by atoms with E-state index in [1.165, 1.54) is 0 Å². The van der Waals surface area contributed by atoms with Gasteiger partial charge in [-0.1, -0.05) is 0 Å². The molecule has 1 saturated heterocycles. The number of carbonyl (C=O) groups is 1. The topological polar surface area (TPSA) is 46.1 Å². The van der Waals surface area contributed by atoms with Crippen LogP contribution >= 0.6 is 11.6 Å². The van der Waals surface area contributed by atoms with Crippen molar-refractivity contribution in [3.05, 3.63) is 23.2 Å². The van der Waals surface area contributed by atoms with E-state index in [0.717, 1.165) is 12.1 Å². The quantitative estimate of drug-likeness (QED) is 0.719. The highest BCUT2D eigenvalue weighted by molar-refractivity contribution is 6.28. The maximum absolute atomic E-state index is 11.5. The maximum Gasteiger partial charge on any atom is 0.223 e. The van der Waals surface area contributed by atoms with Crippen LogP contribution in [0, 0.1) is 0 Å². The lowest BCUT2D eigenvalue weighted by Gasteiger charge is -2.20. The first-order chi connectivity index (χ1) is 7.16. The first-order valence-corrected chi connectivity index (χ1v) is 5.31. The fraction of sp³-hybridized carbons (Fsp3) is 0.500. The molecule has 1 aromatic rings. The molecule has 0 aromatic carbocycles. The average molecular weight is 226 g/mol. The first kappa shape index (κ1) is 10.4. The number of hydrogen-bond donors (Lipinski definition) is 0. The monoisotopic (exact) mass is 225 g/mol. The van der Waals surface area contributed by atoms with Gasteiger partial charge in [0.05, 0.1) is 12.2 Å². The van der Waals surface area contributed by atoms with Crippen LogP contribution in [-0.2, 0) is 11.3 Å². The lowest BCUT2D eigenvalue weighted by molar-refractivity contribution is -0.129. The molecule has 1 aromatic heterocycles. The van der Waals surface area contributed by atoms with E-state index in [4.69, 9.17) is 11.6 Å². The zero-order valence-corrected chi connectivity index (χ0v) is 9.24. The molecule has 0 saturated carbocycles. The third-order valence-corrected chi connectivity index (χ3v) is 2.83. The molecule has 4 nitrogen and oxygen atoms in total. The molecule has 2 rings (SSSR count). The van der Waals surface area contributed by atoms with Crippen molar-refractivity contribution in [2.75, 3.05) is 0 Å². The van der Waals surface area contributed by atoms with Crippen LogP contribution in [0.5, 0.6) is 0 Å². The summed E-state index contributed by atoms with van der Waals surface area (Å²) < 4.78 is 0. The largest absolute Gasteiger partial charge is 0.334 e. The van der Waals surface area contributed by atoms with Crippen LogP contribution in [0.15, 0.2) is 12.3 Å². The van der Waals surface area contributed by atoms with Gasteiger partial charge in [-0.3, -0.25) is 4.79 Å². The summed E-state index contributed by atoms with van der Waals surface area (Å²) in [4.78, 5) is 21.2. The van der Waals surface area contributed by atoms with E-state index in [0.29, 0.717) is 19.0 Å². The Balaban J connectivity index is 2.11. The molecule has 0 radical (unpaired) electrons. The molecule has 0 bridgehead atoms. The van der Waals surface area contributed by atoms with Gasteiger partial charge in [0.25, 0.3) is 0 Å². The van der Waals surface area contributed by atoms with Crippen molar-refractivity contribution < 1.29 is 4.79 Å². The number of aromatic nitrogens is 2. The molecule has 1 fully saturated rings. The molecule has 0 aliphatic carbocycles. The Morgan fingerprint density at radius 2 is 2.47 bits per heavy atom. The van der Waals surface area contributed by atoms with Crippen molar-refractivity contribution in [3.8, 4) is 0 Å². The van der Waals surface area contributed by atoms with Gasteiger partial charge in [-0.25, -0.2) is 9.97 Å². The van der Waals surface area contributed by atoms with Gasteiger partial charge in [-0.05, 0) is 31.0 Å². The van der Waals surface area contributed by atoms with Crippen LogP contribution < -0.4 is 0 Å². The zero-order chi connectivity index (χ0) is 10.8. The number of likely N-dealkylation sites (tertiary alicyclic amines) is 1. The van der Waals surface area contributed by atoms with Crippen LogP contribution in [-0.4, -0.2) is 26.8 Å². The van der Waals surface area contributed by atoms with Gasteiger partial charge >= 0.3 is 0 Å². The molecule has 1 atom stereocenters. The zero-order valence-electron chi connectivity index (χ0n) is 8.48. The Kier molecular flexibility index (Phi) is 2.86. The minimum absolute atomic E-state index is 0.192. The Labute approximate surface area is 93.3 Å². The van der Waals surface area contributed by atoms with Crippen LogP contribution in [0.25, 0.3) is 0 Å². The van der Waals surface area contributed by atoms with Gasteiger partial charge in [0.1, 0.15) is 0 Å². The predicted octanol–water partition coefficient (Wildman–Crippen LogP) is 1.64. The lowest BCUT2D eigenvalue weighted by atomic mass is 10.2. The molecule has 1 aliphatic heterocycles. The number of amides is 1. The second-order valence-corrected chi connectivity index (χ2v) is 4.06. The van der Waals surface area contributed by atoms with Crippen molar-refractivity contribution >= 4 is 17.5 Å². The molecule has 0 N–H and O–H groups in total. The molecular formula is C10H12ClN3O. The highest BCUT2D eigenvalue weighted by atomic mass is 35.5. The lowest BCUT2D eigenvalue weighted by Crippen LogP contribution is -2.30. The van der Waals surface area contributed by atoms with E-state index in [1.54, 1.807) is 12.3 Å². The molecule has 80 valence electrons. The number of nitrogens with zero attached hydrogens (tertiary/aromatic N) is 3. The molecule has 2 heterocycles. The Morgan fingerprint density at radius 1 is 1.67 bits per heavy atom. The van der Waals surface area contributed by atoms with Gasteiger partial charge in [0.15, 0.2) is 0 Å². The minimum atomic E-state index is 0.192. The molecule has 15 heavy (non-hydrogen) atoms. The Hall–Kier alpha value is -1.16. The van der Waals surface area contributed by atoms with Crippen LogP contribution in [0.3, 0.4) is 0 Å². The van der Waals surface area contributed by atoms with Crippen LogP contribution in [0.1, 0.15) is 25.5 Å². The standard InChI is InChI=1S/C10H12ClN3O/c1-7-2-3-9(15)14(7)6-8-4-5-12-10(11)13-8/h4-5,7H,2-3,6H2,1H3. The Bertz CT molecular complexity index is 383. The van der Waals surface area contributed by atoms with Crippen LogP contribution in [0.2, 0.25) is 5.28 Å². The van der Waals surface area contributed by atoms with Gasteiger partial charge in [0, 0.05) is 18.7 Å². The van der Waals surface area contributed by atoms with Crippen molar-refractivity contribution in [1.82, 2.24) is 14.9 Å². The van der Waals surface area contributed by atoms with Gasteiger partial charge in [0.2, 0.25) is 11.2 Å². The van der Waals surface area contributed by atoms with E-state index >= 15 is 0 Å². The van der Waals surface area contributed by atoms with E-state index in [2.05, 4.69) is 9.97 Å². The van der Waals surface area contributed by atoms with E-state index in [1.807, 2.05) is 11.8 Å². The number of hydrogen-bond acceptors (Lipinski definition) is 3. The van der Waals surface area contributed by atoms with E-state index in [9.17, 15) is 4.79 Å². The normalized spacial score (nSPS) is 21.1. The average Bonchev–Trinajstić information content (AvgIpc) is 2.50. The molecule has 1 amide bonds. The summed E-state index contributed by atoms with van der Waals surface area (Å²) in [5.41, 5.74) is 0.789. The predicted molar refractivity (Wildman–Crippen MR) is 56.3 cm³/mol. The van der Waals surface area contributed by atoms with Gasteiger partial charge < -0.3 is 4.90 Å². The van der Waals surface area contributed by atoms with Crippen LogP contribution in [0.4, 0.5) is 0 Å². The number of rotatable bonds is 2. The van der Waals surface area contributed by atoms with Gasteiger partial charge in [-0.2, -0.15) is 0 Å². The first-order valence-electron chi connectivity index (χ1n) is 4.93. The molecule has 0 spiro atoms. The fourth-order valence-corrected chi connectivity index (χ4v) is 1.92. The number of halogens is 1. The third-order valence-electron chi connectivity index (χ3n) is 2.64. The molecule has 1 unspecified atom stereocenters. The summed E-state index contributed by atoms with van der Waals surface area (Å²) in [5.74, 6) is 0.192. The summed E-state index contributed by atoms with van der Waals surface area (Å²) in [6.45, 7) is 2.58. The summed E-state index contributed by atoms with van der Waals surface area (Å²) in [6, 6.07) is 2.08. The summed E-state index contributed by atoms with van der Waals surface area (Å²) in [6.07, 6.45) is 3.17. The van der Waals surface area contributed by atoms with Crippen molar-refractivity contribution in [2.24, 2.45) is 0 Å².